The number of amides is 3. The summed E-state index contributed by atoms with van der Waals surface area (Å²) in [6.07, 6.45) is 2.21. The van der Waals surface area contributed by atoms with Gasteiger partial charge < -0.3 is 24.7 Å². The third kappa shape index (κ3) is 6.16. The van der Waals surface area contributed by atoms with E-state index in [-0.39, 0.29) is 23.2 Å². The van der Waals surface area contributed by atoms with Gasteiger partial charge in [0.25, 0.3) is 11.8 Å². The summed E-state index contributed by atoms with van der Waals surface area (Å²) in [6.45, 7) is 5.93. The van der Waals surface area contributed by atoms with Crippen LogP contribution >= 0.6 is 0 Å². The van der Waals surface area contributed by atoms with E-state index in [1.807, 2.05) is 18.2 Å². The molecular weight excluding hydrogens is 522 g/mol. The van der Waals surface area contributed by atoms with Crippen molar-refractivity contribution in [2.75, 3.05) is 29.2 Å². The summed E-state index contributed by atoms with van der Waals surface area (Å²) in [5, 5.41) is 5.45. The molecular formula is C31H33N5O5. The topological polar surface area (TPSA) is 126 Å². The zero-order chi connectivity index (χ0) is 29.1. The van der Waals surface area contributed by atoms with Crippen LogP contribution in [0.15, 0.2) is 60.7 Å². The maximum atomic E-state index is 13.6. The van der Waals surface area contributed by atoms with E-state index < -0.39 is 17.6 Å². The summed E-state index contributed by atoms with van der Waals surface area (Å²) in [5.41, 5.74) is 3.61. The van der Waals surface area contributed by atoms with Crippen molar-refractivity contribution in [1.82, 2.24) is 9.97 Å². The second-order valence-electron chi connectivity index (χ2n) is 10.8. The summed E-state index contributed by atoms with van der Waals surface area (Å²) in [4.78, 5) is 48.3. The number of ether oxygens (including phenoxy) is 2. The van der Waals surface area contributed by atoms with E-state index in [0.717, 1.165) is 30.5 Å². The van der Waals surface area contributed by atoms with Gasteiger partial charge in [-0.15, -0.1) is 0 Å². The van der Waals surface area contributed by atoms with E-state index >= 15 is 0 Å². The fraction of sp³-hybridized carbons (Fsp3) is 0.290. The molecule has 4 aromatic rings. The zero-order valence-corrected chi connectivity index (χ0v) is 23.5. The van der Waals surface area contributed by atoms with Gasteiger partial charge in [-0.3, -0.25) is 14.9 Å². The van der Waals surface area contributed by atoms with Crippen molar-refractivity contribution in [3.05, 3.63) is 77.4 Å². The fourth-order valence-corrected chi connectivity index (χ4v) is 4.85. The molecule has 3 aromatic carbocycles. The summed E-state index contributed by atoms with van der Waals surface area (Å²) < 4.78 is 10.8. The molecule has 212 valence electrons. The number of aromatic amines is 1. The van der Waals surface area contributed by atoms with Gasteiger partial charge in [0.2, 0.25) is 5.95 Å². The van der Waals surface area contributed by atoms with Crippen molar-refractivity contribution >= 4 is 46.3 Å². The number of H-pyrrole nitrogens is 1. The largest absolute Gasteiger partial charge is 0.496 e. The Morgan fingerprint density at radius 2 is 1.78 bits per heavy atom. The Labute approximate surface area is 238 Å². The molecule has 0 fully saturated rings. The lowest BCUT2D eigenvalue weighted by Crippen LogP contribution is -2.31. The Kier molecular flexibility index (Phi) is 7.65. The van der Waals surface area contributed by atoms with E-state index in [2.05, 4.69) is 26.7 Å². The number of nitrogens with zero attached hydrogens (tertiary/aromatic N) is 2. The van der Waals surface area contributed by atoms with Crippen LogP contribution in [0.25, 0.3) is 11.0 Å². The van der Waals surface area contributed by atoms with Crippen LogP contribution in [0.2, 0.25) is 0 Å². The van der Waals surface area contributed by atoms with Crippen molar-refractivity contribution in [2.24, 2.45) is 0 Å². The molecule has 10 nitrogen and oxygen atoms in total. The predicted molar refractivity (Wildman–Crippen MR) is 158 cm³/mol. The second kappa shape index (κ2) is 11.3. The number of para-hydroxylation sites is 2. The van der Waals surface area contributed by atoms with E-state index in [9.17, 15) is 14.4 Å². The highest BCUT2D eigenvalue weighted by Crippen LogP contribution is 2.30. The maximum absolute atomic E-state index is 13.6. The first kappa shape index (κ1) is 27.7. The molecule has 1 aromatic heterocycles. The number of carbonyl (C=O) groups is 3. The lowest BCUT2D eigenvalue weighted by Gasteiger charge is -2.23. The Balaban J connectivity index is 1.36. The quantitative estimate of drug-likeness (QED) is 0.271. The maximum Gasteiger partial charge on any atom is 0.414 e. The lowest BCUT2D eigenvalue weighted by atomic mass is 10.1. The second-order valence-corrected chi connectivity index (χ2v) is 10.8. The Morgan fingerprint density at radius 1 is 0.976 bits per heavy atom. The molecule has 1 aliphatic rings. The van der Waals surface area contributed by atoms with Gasteiger partial charge in [-0.2, -0.15) is 0 Å². The number of methoxy groups -OCH3 is 1. The van der Waals surface area contributed by atoms with Crippen molar-refractivity contribution in [3.63, 3.8) is 0 Å². The molecule has 0 saturated carbocycles. The van der Waals surface area contributed by atoms with Crippen LogP contribution in [-0.2, 0) is 11.2 Å². The van der Waals surface area contributed by atoms with Crippen LogP contribution in [0, 0.1) is 0 Å². The zero-order valence-electron chi connectivity index (χ0n) is 23.5. The number of aryl methyl sites for hydroxylation is 1. The number of hydrogen-bond donors (Lipinski definition) is 3. The van der Waals surface area contributed by atoms with Gasteiger partial charge in [0.05, 0.1) is 23.9 Å². The average Bonchev–Trinajstić information content (AvgIpc) is 3.22. The van der Waals surface area contributed by atoms with Crippen LogP contribution in [-0.4, -0.2) is 47.1 Å². The molecule has 0 spiro atoms. The van der Waals surface area contributed by atoms with Gasteiger partial charge >= 0.3 is 6.09 Å². The van der Waals surface area contributed by atoms with Crippen LogP contribution in [0.1, 0.15) is 59.9 Å². The normalized spacial score (nSPS) is 13.2. The Morgan fingerprint density at radius 3 is 2.56 bits per heavy atom. The minimum absolute atomic E-state index is 0.143. The molecule has 0 bridgehead atoms. The average molecular weight is 556 g/mol. The minimum Gasteiger partial charge on any atom is -0.496 e. The van der Waals surface area contributed by atoms with Crippen molar-refractivity contribution in [3.8, 4) is 5.75 Å². The van der Waals surface area contributed by atoms with E-state index in [0.29, 0.717) is 28.8 Å². The van der Waals surface area contributed by atoms with E-state index in [4.69, 9.17) is 9.47 Å². The molecule has 5 rings (SSSR count). The van der Waals surface area contributed by atoms with Gasteiger partial charge in [-0.25, -0.2) is 9.78 Å². The van der Waals surface area contributed by atoms with Crippen LogP contribution in [0.5, 0.6) is 5.75 Å². The highest BCUT2D eigenvalue weighted by molar-refractivity contribution is 6.11. The number of imidazole rings is 1. The number of hydrogen-bond acceptors (Lipinski definition) is 6. The van der Waals surface area contributed by atoms with Gasteiger partial charge in [0.1, 0.15) is 16.9 Å². The molecule has 2 heterocycles. The molecule has 10 heteroatoms. The third-order valence-electron chi connectivity index (χ3n) is 6.68. The smallest absolute Gasteiger partial charge is 0.414 e. The Bertz CT molecular complexity index is 1620. The molecule has 3 N–H and O–H groups in total. The molecule has 0 aliphatic carbocycles. The number of anilines is 3. The SMILES string of the molecule is COc1cc(C(=O)N2CCCCc3ccccc32)ccc1C(=O)Nc1cccc2[nH]c(NC(=O)OC(C)(C)C)nc12. The van der Waals surface area contributed by atoms with Crippen LogP contribution < -0.4 is 20.3 Å². The summed E-state index contributed by atoms with van der Waals surface area (Å²) in [6, 6.07) is 18.0. The van der Waals surface area contributed by atoms with E-state index in [1.165, 1.54) is 7.11 Å². The number of rotatable bonds is 5. The van der Waals surface area contributed by atoms with Crippen LogP contribution in [0.4, 0.5) is 22.1 Å². The first-order chi connectivity index (χ1) is 19.6. The van der Waals surface area contributed by atoms with Gasteiger partial charge in [-0.05, 0) is 82.0 Å². The first-order valence-corrected chi connectivity index (χ1v) is 13.5. The molecule has 0 radical (unpaired) electrons. The van der Waals surface area contributed by atoms with Crippen molar-refractivity contribution in [1.29, 1.82) is 0 Å². The number of aromatic nitrogens is 2. The highest BCUT2D eigenvalue weighted by atomic mass is 16.6. The van der Waals surface area contributed by atoms with Crippen molar-refractivity contribution in [2.45, 2.75) is 45.6 Å². The van der Waals surface area contributed by atoms with Gasteiger partial charge in [0.15, 0.2) is 0 Å². The molecule has 0 atom stereocenters. The third-order valence-corrected chi connectivity index (χ3v) is 6.68. The minimum atomic E-state index is -0.661. The Hall–Kier alpha value is -4.86. The number of benzene rings is 3. The highest BCUT2D eigenvalue weighted by Gasteiger charge is 2.24. The molecule has 1 aliphatic heterocycles. The number of carbonyl (C=O) groups excluding carboxylic acids is 3. The van der Waals surface area contributed by atoms with Gasteiger partial charge in [0, 0.05) is 17.8 Å². The van der Waals surface area contributed by atoms with Gasteiger partial charge in [-0.1, -0.05) is 24.3 Å². The van der Waals surface area contributed by atoms with Crippen LogP contribution in [0.3, 0.4) is 0 Å². The predicted octanol–water partition coefficient (Wildman–Crippen LogP) is 6.15. The number of nitrogens with one attached hydrogen (secondary N) is 3. The summed E-state index contributed by atoms with van der Waals surface area (Å²) in [5.74, 6) is -0.113. The molecule has 0 saturated heterocycles. The van der Waals surface area contributed by atoms with Crippen molar-refractivity contribution < 1.29 is 23.9 Å². The summed E-state index contributed by atoms with van der Waals surface area (Å²) >= 11 is 0. The lowest BCUT2D eigenvalue weighted by molar-refractivity contribution is 0.0634. The molecule has 41 heavy (non-hydrogen) atoms. The van der Waals surface area contributed by atoms with E-state index in [1.54, 1.807) is 62.1 Å². The molecule has 0 unspecified atom stereocenters. The summed E-state index contributed by atoms with van der Waals surface area (Å²) in [7, 11) is 1.46. The first-order valence-electron chi connectivity index (χ1n) is 13.5. The number of fused-ring (bicyclic) bond motifs is 2. The monoisotopic (exact) mass is 555 g/mol. The fourth-order valence-electron chi connectivity index (χ4n) is 4.85. The molecule has 3 amide bonds. The standard InChI is InChI=1S/C31H33N5O5/c1-31(2,3)41-30(39)35-29-33-23-13-9-12-22(26(23)34-29)32-27(37)21-16-15-20(18-25(21)40-4)28(38)36-17-8-7-11-19-10-5-6-14-24(19)36/h5-6,9-10,12-16,18H,7-8,11,17H2,1-4H3,(H,32,37)(H2,33,34,35,39).